The Kier molecular flexibility index (Phi) is 5.30. The summed E-state index contributed by atoms with van der Waals surface area (Å²) in [6, 6.07) is 0. The summed E-state index contributed by atoms with van der Waals surface area (Å²) in [4.78, 5) is 20.9. The minimum absolute atomic E-state index is 0.0249. The lowest BCUT2D eigenvalue weighted by Gasteiger charge is -2.23. The van der Waals surface area contributed by atoms with Crippen molar-refractivity contribution in [3.8, 4) is 5.88 Å². The maximum absolute atomic E-state index is 11.4. The van der Waals surface area contributed by atoms with Gasteiger partial charge in [0, 0.05) is 13.1 Å². The Morgan fingerprint density at radius 2 is 1.95 bits per heavy atom. The highest BCUT2D eigenvalue weighted by Gasteiger charge is 2.29. The molecule has 0 spiro atoms. The highest BCUT2D eigenvalue weighted by molar-refractivity contribution is 5.62. The summed E-state index contributed by atoms with van der Waals surface area (Å²) < 4.78 is 5.81. The molecule has 1 aliphatic rings. The molecule has 0 aliphatic heterocycles. The lowest BCUT2D eigenvalue weighted by molar-refractivity contribution is -0.385. The zero-order valence-electron chi connectivity index (χ0n) is 12.6. The number of hydrogen-bond acceptors (Lipinski definition) is 6. The van der Waals surface area contributed by atoms with E-state index in [0.717, 1.165) is 25.7 Å². The van der Waals surface area contributed by atoms with Gasteiger partial charge < -0.3 is 9.64 Å². The van der Waals surface area contributed by atoms with Crippen molar-refractivity contribution in [2.45, 2.75) is 52.1 Å². The smallest absolute Gasteiger partial charge is 0.372 e. The average Bonchev–Trinajstić information content (AvgIpc) is 2.49. The molecule has 2 rings (SSSR count). The van der Waals surface area contributed by atoms with Crippen LogP contribution in [-0.4, -0.2) is 34.1 Å². The van der Waals surface area contributed by atoms with Gasteiger partial charge in [-0.1, -0.05) is 6.42 Å². The van der Waals surface area contributed by atoms with E-state index >= 15 is 0 Å². The van der Waals surface area contributed by atoms with Crippen LogP contribution in [-0.2, 0) is 0 Å². The number of anilines is 1. The van der Waals surface area contributed by atoms with Gasteiger partial charge in [-0.3, -0.25) is 10.1 Å². The van der Waals surface area contributed by atoms with Gasteiger partial charge >= 0.3 is 5.69 Å². The van der Waals surface area contributed by atoms with Crippen molar-refractivity contribution >= 4 is 11.5 Å². The van der Waals surface area contributed by atoms with E-state index < -0.39 is 4.92 Å². The molecule has 1 aliphatic carbocycles. The Morgan fingerprint density at radius 3 is 2.52 bits per heavy atom. The van der Waals surface area contributed by atoms with Crippen LogP contribution in [0.2, 0.25) is 0 Å². The SMILES string of the molecule is CCN(CC)c1ncnc(OC2CCCCC2)c1[N+](=O)[O-]. The summed E-state index contributed by atoms with van der Waals surface area (Å²) >= 11 is 0. The molecular formula is C14H22N4O3. The van der Waals surface area contributed by atoms with Gasteiger partial charge in [-0.15, -0.1) is 0 Å². The van der Waals surface area contributed by atoms with E-state index in [1.54, 1.807) is 0 Å². The Bertz CT molecular complexity index is 485. The minimum atomic E-state index is -0.439. The summed E-state index contributed by atoms with van der Waals surface area (Å²) in [5.74, 6) is 0.439. The fraction of sp³-hybridized carbons (Fsp3) is 0.714. The van der Waals surface area contributed by atoms with Gasteiger partial charge in [0.2, 0.25) is 5.82 Å². The quantitative estimate of drug-likeness (QED) is 0.592. The molecule has 1 fully saturated rings. The first-order chi connectivity index (χ1) is 10.2. The molecule has 0 unspecified atom stereocenters. The number of aromatic nitrogens is 2. The van der Waals surface area contributed by atoms with Crippen molar-refractivity contribution in [2.75, 3.05) is 18.0 Å². The van der Waals surface area contributed by atoms with E-state index in [0.29, 0.717) is 18.9 Å². The highest BCUT2D eigenvalue weighted by atomic mass is 16.6. The fourth-order valence-electron chi connectivity index (χ4n) is 2.70. The third kappa shape index (κ3) is 3.59. The van der Waals surface area contributed by atoms with Crippen LogP contribution < -0.4 is 9.64 Å². The fourth-order valence-corrected chi connectivity index (χ4v) is 2.70. The molecule has 1 aromatic heterocycles. The Morgan fingerprint density at radius 1 is 1.29 bits per heavy atom. The molecule has 21 heavy (non-hydrogen) atoms. The largest absolute Gasteiger partial charge is 0.469 e. The highest BCUT2D eigenvalue weighted by Crippen LogP contribution is 2.35. The van der Waals surface area contributed by atoms with Gasteiger partial charge in [0.1, 0.15) is 12.4 Å². The van der Waals surface area contributed by atoms with Gasteiger partial charge in [0.15, 0.2) is 0 Å². The van der Waals surface area contributed by atoms with Gasteiger partial charge in [0.05, 0.1) is 4.92 Å². The van der Waals surface area contributed by atoms with Gasteiger partial charge in [-0.05, 0) is 39.5 Å². The topological polar surface area (TPSA) is 81.4 Å². The van der Waals surface area contributed by atoms with Gasteiger partial charge in [-0.25, -0.2) is 4.98 Å². The summed E-state index contributed by atoms with van der Waals surface area (Å²) in [6.07, 6.45) is 6.65. The van der Waals surface area contributed by atoms with Crippen LogP contribution in [0.4, 0.5) is 11.5 Å². The predicted molar refractivity (Wildman–Crippen MR) is 79.7 cm³/mol. The molecule has 0 radical (unpaired) electrons. The standard InChI is InChI=1S/C14H22N4O3/c1-3-17(4-2)13-12(18(19)20)14(16-10-15-13)21-11-8-6-5-7-9-11/h10-11H,3-9H2,1-2H3. The molecule has 7 nitrogen and oxygen atoms in total. The van der Waals surface area contributed by atoms with E-state index in [-0.39, 0.29) is 17.7 Å². The second-order valence-electron chi connectivity index (χ2n) is 5.16. The van der Waals surface area contributed by atoms with Crippen LogP contribution in [0.15, 0.2) is 6.33 Å². The molecule has 0 aromatic carbocycles. The molecule has 0 saturated heterocycles. The Labute approximate surface area is 124 Å². The zero-order valence-corrected chi connectivity index (χ0v) is 12.6. The third-order valence-electron chi connectivity index (χ3n) is 3.85. The average molecular weight is 294 g/mol. The van der Waals surface area contributed by atoms with Crippen molar-refractivity contribution in [2.24, 2.45) is 0 Å². The van der Waals surface area contributed by atoms with Crippen molar-refractivity contribution in [3.05, 3.63) is 16.4 Å². The monoisotopic (exact) mass is 294 g/mol. The van der Waals surface area contributed by atoms with Gasteiger partial charge in [-0.2, -0.15) is 4.98 Å². The molecular weight excluding hydrogens is 272 g/mol. The molecule has 0 N–H and O–H groups in total. The summed E-state index contributed by atoms with van der Waals surface area (Å²) in [6.45, 7) is 5.18. The van der Waals surface area contributed by atoms with Crippen LogP contribution in [0.25, 0.3) is 0 Å². The number of nitro groups is 1. The predicted octanol–water partition coefficient (Wildman–Crippen LogP) is 2.94. The Hall–Kier alpha value is -1.92. The lowest BCUT2D eigenvalue weighted by Crippen LogP contribution is -2.25. The molecule has 0 amide bonds. The van der Waals surface area contributed by atoms with Gasteiger partial charge in [0.25, 0.3) is 5.88 Å². The molecule has 116 valence electrons. The first-order valence-electron chi connectivity index (χ1n) is 7.58. The maximum Gasteiger partial charge on any atom is 0.372 e. The first kappa shape index (κ1) is 15.5. The lowest BCUT2D eigenvalue weighted by atomic mass is 9.98. The zero-order chi connectivity index (χ0) is 15.2. The molecule has 1 heterocycles. The second-order valence-corrected chi connectivity index (χ2v) is 5.16. The van der Waals surface area contributed by atoms with E-state index in [2.05, 4.69) is 9.97 Å². The number of ether oxygens (including phenoxy) is 1. The van der Waals surface area contributed by atoms with Crippen LogP contribution in [0.1, 0.15) is 46.0 Å². The number of rotatable bonds is 6. The molecule has 1 aromatic rings. The van der Waals surface area contributed by atoms with Crippen molar-refractivity contribution < 1.29 is 9.66 Å². The first-order valence-corrected chi connectivity index (χ1v) is 7.58. The Balaban J connectivity index is 2.31. The van der Waals surface area contributed by atoms with Crippen molar-refractivity contribution in [3.63, 3.8) is 0 Å². The summed E-state index contributed by atoms with van der Waals surface area (Å²) in [5.41, 5.74) is -0.119. The summed E-state index contributed by atoms with van der Waals surface area (Å²) in [7, 11) is 0. The molecule has 7 heteroatoms. The second kappa shape index (κ2) is 7.19. The van der Waals surface area contributed by atoms with Crippen LogP contribution in [0, 0.1) is 10.1 Å². The molecule has 0 bridgehead atoms. The minimum Gasteiger partial charge on any atom is -0.469 e. The van der Waals surface area contributed by atoms with Crippen molar-refractivity contribution in [1.29, 1.82) is 0 Å². The van der Waals surface area contributed by atoms with E-state index in [9.17, 15) is 10.1 Å². The van der Waals surface area contributed by atoms with E-state index in [1.807, 2.05) is 18.7 Å². The maximum atomic E-state index is 11.4. The van der Waals surface area contributed by atoms with E-state index in [4.69, 9.17) is 4.74 Å². The third-order valence-corrected chi connectivity index (χ3v) is 3.85. The van der Waals surface area contributed by atoms with E-state index in [1.165, 1.54) is 12.7 Å². The van der Waals surface area contributed by atoms with Crippen LogP contribution >= 0.6 is 0 Å². The summed E-state index contributed by atoms with van der Waals surface area (Å²) in [5, 5.41) is 11.4. The molecule has 1 saturated carbocycles. The normalized spacial score (nSPS) is 15.7. The number of nitrogens with zero attached hydrogens (tertiary/aromatic N) is 4. The van der Waals surface area contributed by atoms with Crippen LogP contribution in [0.3, 0.4) is 0 Å². The van der Waals surface area contributed by atoms with Crippen LogP contribution in [0.5, 0.6) is 5.88 Å². The number of hydrogen-bond donors (Lipinski definition) is 0. The van der Waals surface area contributed by atoms with Crippen molar-refractivity contribution in [1.82, 2.24) is 9.97 Å². The molecule has 0 atom stereocenters.